The fraction of sp³-hybridized carbons (Fsp3) is 1.00. The molecule has 120 valence electrons. The van der Waals surface area contributed by atoms with Crippen LogP contribution in [-0.2, 0) is 0 Å². The van der Waals surface area contributed by atoms with Crippen LogP contribution in [0.4, 0.5) is 0 Å². The highest BCUT2D eigenvalue weighted by molar-refractivity contribution is 4.92. The van der Waals surface area contributed by atoms with Crippen LogP contribution in [0.15, 0.2) is 0 Å². The Hall–Kier alpha value is -0.0800. The highest BCUT2D eigenvalue weighted by Gasteiger charge is 2.39. The van der Waals surface area contributed by atoms with Gasteiger partial charge in [-0.25, -0.2) is 0 Å². The lowest BCUT2D eigenvalue weighted by Gasteiger charge is -2.46. The predicted molar refractivity (Wildman–Crippen MR) is 89.5 cm³/mol. The monoisotopic (exact) mass is 282 g/mol. The van der Waals surface area contributed by atoms with Gasteiger partial charge < -0.3 is 11.5 Å². The molecule has 0 aliphatic heterocycles. The Balaban J connectivity index is 2.63. The molecule has 2 heteroatoms. The molecule has 1 rings (SSSR count). The van der Waals surface area contributed by atoms with Crippen LogP contribution < -0.4 is 11.5 Å². The van der Waals surface area contributed by atoms with Crippen molar-refractivity contribution in [3.8, 4) is 0 Å². The normalized spacial score (nSPS) is 33.1. The van der Waals surface area contributed by atoms with Crippen LogP contribution in [0, 0.1) is 23.2 Å². The smallest absolute Gasteiger partial charge is 0.00956 e. The van der Waals surface area contributed by atoms with Crippen LogP contribution in [-0.4, -0.2) is 12.1 Å². The lowest BCUT2D eigenvalue weighted by molar-refractivity contribution is 0.0612. The Morgan fingerprint density at radius 1 is 1.10 bits per heavy atom. The third kappa shape index (κ3) is 4.73. The molecule has 0 saturated heterocycles. The lowest BCUT2D eigenvalue weighted by Crippen LogP contribution is -2.46. The van der Waals surface area contributed by atoms with Crippen LogP contribution >= 0.6 is 0 Å². The maximum absolute atomic E-state index is 6.47. The van der Waals surface area contributed by atoms with Crippen LogP contribution in [0.1, 0.15) is 79.6 Å². The van der Waals surface area contributed by atoms with Crippen molar-refractivity contribution >= 4 is 0 Å². The number of hydrogen-bond acceptors (Lipinski definition) is 2. The Morgan fingerprint density at radius 2 is 1.60 bits per heavy atom. The van der Waals surface area contributed by atoms with E-state index in [2.05, 4.69) is 34.6 Å². The van der Waals surface area contributed by atoms with E-state index in [0.29, 0.717) is 17.5 Å². The number of hydrogen-bond donors (Lipinski definition) is 2. The Labute approximate surface area is 127 Å². The maximum Gasteiger partial charge on any atom is 0.00956 e. The second-order valence-electron chi connectivity index (χ2n) is 7.94. The van der Waals surface area contributed by atoms with Crippen molar-refractivity contribution in [2.24, 2.45) is 34.6 Å². The largest absolute Gasteiger partial charge is 0.328 e. The van der Waals surface area contributed by atoms with E-state index in [1.54, 1.807) is 0 Å². The van der Waals surface area contributed by atoms with Gasteiger partial charge in [0, 0.05) is 12.1 Å². The van der Waals surface area contributed by atoms with E-state index in [4.69, 9.17) is 11.5 Å². The summed E-state index contributed by atoms with van der Waals surface area (Å²) in [5.41, 5.74) is 12.8. The average molecular weight is 283 g/mol. The molecule has 0 aromatic heterocycles. The standard InChI is InChI=1S/C18H38N2/c1-6-14-11-16(12-15(7-2)17(14)20)18(4,5)10-8-9-13(3)19/h13-17H,6-12,19-20H2,1-5H3. The molecule has 4 N–H and O–H groups in total. The second kappa shape index (κ2) is 7.79. The molecular weight excluding hydrogens is 244 g/mol. The topological polar surface area (TPSA) is 52.0 Å². The Morgan fingerprint density at radius 3 is 2.00 bits per heavy atom. The molecule has 2 nitrogen and oxygen atoms in total. The molecule has 0 heterocycles. The second-order valence-corrected chi connectivity index (χ2v) is 7.94. The van der Waals surface area contributed by atoms with E-state index in [-0.39, 0.29) is 0 Å². The molecule has 0 amide bonds. The van der Waals surface area contributed by atoms with Gasteiger partial charge in [0.25, 0.3) is 0 Å². The van der Waals surface area contributed by atoms with Crippen molar-refractivity contribution < 1.29 is 0 Å². The zero-order chi connectivity index (χ0) is 15.3. The minimum atomic E-state index is 0.345. The molecule has 0 radical (unpaired) electrons. The van der Waals surface area contributed by atoms with Crippen LogP contribution in [0.3, 0.4) is 0 Å². The van der Waals surface area contributed by atoms with Crippen molar-refractivity contribution in [1.82, 2.24) is 0 Å². The summed E-state index contributed by atoms with van der Waals surface area (Å²) >= 11 is 0. The van der Waals surface area contributed by atoms with Gasteiger partial charge in [-0.05, 0) is 55.8 Å². The molecule has 0 bridgehead atoms. The molecular formula is C18H38N2. The van der Waals surface area contributed by atoms with Crippen molar-refractivity contribution in [2.75, 3.05) is 0 Å². The van der Waals surface area contributed by atoms with Gasteiger partial charge in [0.05, 0.1) is 0 Å². The molecule has 1 fully saturated rings. The predicted octanol–water partition coefficient (Wildman–Crippen LogP) is 4.32. The van der Waals surface area contributed by atoms with Crippen molar-refractivity contribution in [3.05, 3.63) is 0 Å². The average Bonchev–Trinajstić information content (AvgIpc) is 2.38. The van der Waals surface area contributed by atoms with E-state index >= 15 is 0 Å². The quantitative estimate of drug-likeness (QED) is 0.730. The first-order valence-electron chi connectivity index (χ1n) is 8.82. The molecule has 3 atom stereocenters. The SMILES string of the molecule is CCC1CC(C(C)(C)CCCC(C)N)CC(CC)C1N. The van der Waals surface area contributed by atoms with Gasteiger partial charge in [0.1, 0.15) is 0 Å². The van der Waals surface area contributed by atoms with Crippen molar-refractivity contribution in [2.45, 2.75) is 91.6 Å². The Kier molecular flexibility index (Phi) is 7.00. The minimum absolute atomic E-state index is 0.345. The third-order valence-electron chi connectivity index (χ3n) is 5.90. The molecule has 1 aliphatic rings. The van der Waals surface area contributed by atoms with Gasteiger partial charge >= 0.3 is 0 Å². The zero-order valence-corrected chi connectivity index (χ0v) is 14.5. The van der Waals surface area contributed by atoms with Gasteiger partial charge in [0.2, 0.25) is 0 Å². The molecule has 1 saturated carbocycles. The van der Waals surface area contributed by atoms with E-state index in [1.165, 1.54) is 38.5 Å². The first kappa shape index (κ1) is 18.0. The van der Waals surface area contributed by atoms with Gasteiger partial charge in [-0.2, -0.15) is 0 Å². The lowest BCUT2D eigenvalue weighted by atomic mass is 9.61. The van der Waals surface area contributed by atoms with E-state index in [9.17, 15) is 0 Å². The molecule has 0 spiro atoms. The first-order chi connectivity index (χ1) is 9.31. The highest BCUT2D eigenvalue weighted by Crippen LogP contribution is 2.46. The van der Waals surface area contributed by atoms with Crippen LogP contribution in [0.5, 0.6) is 0 Å². The summed E-state index contributed by atoms with van der Waals surface area (Å²) in [7, 11) is 0. The zero-order valence-electron chi connectivity index (χ0n) is 14.5. The summed E-state index contributed by atoms with van der Waals surface area (Å²) < 4.78 is 0. The van der Waals surface area contributed by atoms with Crippen molar-refractivity contribution in [1.29, 1.82) is 0 Å². The fourth-order valence-corrected chi connectivity index (χ4v) is 4.13. The summed E-state index contributed by atoms with van der Waals surface area (Å²) in [4.78, 5) is 0. The van der Waals surface area contributed by atoms with Gasteiger partial charge in [-0.1, -0.05) is 47.0 Å². The summed E-state index contributed by atoms with van der Waals surface area (Å²) in [6.07, 6.45) is 8.87. The summed E-state index contributed by atoms with van der Waals surface area (Å²) in [6.45, 7) is 11.7. The molecule has 0 aromatic rings. The van der Waals surface area contributed by atoms with E-state index in [1.807, 2.05) is 0 Å². The fourth-order valence-electron chi connectivity index (χ4n) is 4.13. The first-order valence-corrected chi connectivity index (χ1v) is 8.82. The Bertz CT molecular complexity index is 259. The van der Waals surface area contributed by atoms with Crippen LogP contribution in [0.2, 0.25) is 0 Å². The highest BCUT2D eigenvalue weighted by atomic mass is 14.7. The van der Waals surface area contributed by atoms with Crippen LogP contribution in [0.25, 0.3) is 0 Å². The molecule has 1 aliphatic carbocycles. The summed E-state index contributed by atoms with van der Waals surface area (Å²) in [5.74, 6) is 2.29. The number of nitrogens with two attached hydrogens (primary N) is 2. The van der Waals surface area contributed by atoms with Gasteiger partial charge in [0.15, 0.2) is 0 Å². The van der Waals surface area contributed by atoms with Crippen molar-refractivity contribution in [3.63, 3.8) is 0 Å². The third-order valence-corrected chi connectivity index (χ3v) is 5.90. The summed E-state index contributed by atoms with van der Waals surface area (Å²) in [5, 5.41) is 0. The molecule has 20 heavy (non-hydrogen) atoms. The van der Waals surface area contributed by atoms with E-state index < -0.39 is 0 Å². The van der Waals surface area contributed by atoms with E-state index in [0.717, 1.165) is 24.2 Å². The summed E-state index contributed by atoms with van der Waals surface area (Å²) in [6, 6.07) is 0.776. The maximum atomic E-state index is 6.47. The molecule has 0 aromatic carbocycles. The van der Waals surface area contributed by atoms with Gasteiger partial charge in [-0.15, -0.1) is 0 Å². The van der Waals surface area contributed by atoms with Gasteiger partial charge in [-0.3, -0.25) is 0 Å². The molecule has 3 unspecified atom stereocenters. The number of rotatable bonds is 7. The minimum Gasteiger partial charge on any atom is -0.328 e.